The summed E-state index contributed by atoms with van der Waals surface area (Å²) in [6.45, 7) is 10.0. The summed E-state index contributed by atoms with van der Waals surface area (Å²) in [6.07, 6.45) is -0.635. The van der Waals surface area contributed by atoms with Gasteiger partial charge in [0, 0.05) is 13.2 Å². The predicted octanol–water partition coefficient (Wildman–Crippen LogP) is 3.39. The van der Waals surface area contributed by atoms with Crippen LogP contribution in [0.1, 0.15) is 51.9 Å². The lowest BCUT2D eigenvalue weighted by Crippen LogP contribution is -2.44. The molecular formula is C18H27N3O6. The van der Waals surface area contributed by atoms with Crippen molar-refractivity contribution >= 4 is 23.9 Å². The minimum Gasteiger partial charge on any atom is -0.443 e. The molecule has 0 unspecified atom stereocenters. The van der Waals surface area contributed by atoms with Crippen molar-refractivity contribution in [3.05, 3.63) is 23.9 Å². The van der Waals surface area contributed by atoms with Gasteiger partial charge >= 0.3 is 12.2 Å². The summed E-state index contributed by atoms with van der Waals surface area (Å²) in [7, 11) is 2.80. The normalized spacial score (nSPS) is 11.6. The lowest BCUT2D eigenvalue weighted by molar-refractivity contribution is -0.0757. The number of hydrogen-bond donors (Lipinski definition) is 0. The van der Waals surface area contributed by atoms with E-state index in [0.717, 1.165) is 5.06 Å². The summed E-state index contributed by atoms with van der Waals surface area (Å²) >= 11 is 0. The summed E-state index contributed by atoms with van der Waals surface area (Å²) < 4.78 is 10.5. The molecule has 0 aromatic carbocycles. The Balaban J connectivity index is 3.20. The molecule has 0 saturated carbocycles. The smallest absolute Gasteiger partial charge is 0.425 e. The second kappa shape index (κ2) is 8.34. The van der Waals surface area contributed by atoms with Crippen molar-refractivity contribution in [2.24, 2.45) is 0 Å². The molecule has 1 aromatic rings. The van der Waals surface area contributed by atoms with E-state index in [2.05, 4.69) is 4.98 Å². The molecule has 0 aliphatic carbocycles. The molecule has 1 aromatic heterocycles. The van der Waals surface area contributed by atoms with Gasteiger partial charge in [0.25, 0.3) is 5.91 Å². The van der Waals surface area contributed by atoms with Crippen LogP contribution >= 0.6 is 0 Å². The average molecular weight is 381 g/mol. The van der Waals surface area contributed by atoms with Crippen LogP contribution in [-0.4, -0.2) is 53.5 Å². The first-order chi connectivity index (χ1) is 12.2. The summed E-state index contributed by atoms with van der Waals surface area (Å²) in [5, 5.41) is 1.02. The van der Waals surface area contributed by atoms with E-state index in [9.17, 15) is 14.4 Å². The highest BCUT2D eigenvalue weighted by Gasteiger charge is 2.33. The van der Waals surface area contributed by atoms with Gasteiger partial charge in [-0.2, -0.15) is 4.90 Å². The van der Waals surface area contributed by atoms with Gasteiger partial charge in [-0.15, -0.1) is 0 Å². The molecule has 0 radical (unpaired) electrons. The first kappa shape index (κ1) is 22.4. The number of hydrogen-bond acceptors (Lipinski definition) is 7. The summed E-state index contributed by atoms with van der Waals surface area (Å²) in [5.41, 5.74) is -1.43. The molecule has 0 atom stereocenters. The standard InChI is InChI=1S/C18H27N3O6/c1-17(2,3)26-15(23)21(16(24)27-18(4,5)6)13-10-9-12(11-19-13)14(22)20(7)25-8/h9-11H,1-8H3. The molecule has 1 heterocycles. The van der Waals surface area contributed by atoms with Crippen LogP contribution in [0.4, 0.5) is 15.4 Å². The largest absolute Gasteiger partial charge is 0.443 e. The fraction of sp³-hybridized carbons (Fsp3) is 0.556. The fourth-order valence-electron chi connectivity index (χ4n) is 1.79. The molecule has 0 bridgehead atoms. The quantitative estimate of drug-likeness (QED) is 0.740. The summed E-state index contributed by atoms with van der Waals surface area (Å²) in [4.78, 5) is 46.7. The number of carbonyl (C=O) groups is 3. The van der Waals surface area contributed by atoms with Gasteiger partial charge in [-0.3, -0.25) is 9.63 Å². The minimum absolute atomic E-state index is 0.0323. The number of aromatic nitrogens is 1. The Labute approximate surface area is 159 Å². The highest BCUT2D eigenvalue weighted by molar-refractivity contribution is 6.09. The van der Waals surface area contributed by atoms with Crippen LogP contribution in [0, 0.1) is 0 Å². The van der Waals surface area contributed by atoms with E-state index in [4.69, 9.17) is 14.3 Å². The number of rotatable bonds is 3. The molecule has 0 spiro atoms. The zero-order valence-corrected chi connectivity index (χ0v) is 17.0. The third-order valence-corrected chi connectivity index (χ3v) is 2.94. The number of imide groups is 1. The number of hydroxylamine groups is 2. The lowest BCUT2D eigenvalue weighted by atomic mass is 10.2. The topological polar surface area (TPSA) is 98.3 Å². The zero-order chi connectivity index (χ0) is 21.0. The Morgan fingerprint density at radius 2 is 1.41 bits per heavy atom. The molecule has 9 heteroatoms. The highest BCUT2D eigenvalue weighted by Crippen LogP contribution is 2.20. The Hall–Kier alpha value is -2.68. The third-order valence-electron chi connectivity index (χ3n) is 2.94. The van der Waals surface area contributed by atoms with E-state index in [-0.39, 0.29) is 11.4 Å². The van der Waals surface area contributed by atoms with Gasteiger partial charge in [-0.25, -0.2) is 19.6 Å². The van der Waals surface area contributed by atoms with Crippen LogP contribution in [0.25, 0.3) is 0 Å². The van der Waals surface area contributed by atoms with Crippen molar-refractivity contribution < 1.29 is 28.7 Å². The monoisotopic (exact) mass is 381 g/mol. The zero-order valence-electron chi connectivity index (χ0n) is 17.0. The number of ether oxygens (including phenoxy) is 2. The van der Waals surface area contributed by atoms with Crippen LogP contribution in [0.5, 0.6) is 0 Å². The maximum atomic E-state index is 12.5. The molecule has 0 aliphatic rings. The second-order valence-corrected chi connectivity index (χ2v) is 7.69. The molecule has 0 N–H and O–H groups in total. The molecule has 1 rings (SSSR count). The van der Waals surface area contributed by atoms with Gasteiger partial charge in [0.2, 0.25) is 0 Å². The van der Waals surface area contributed by atoms with Gasteiger partial charge in [0.05, 0.1) is 12.7 Å². The Bertz CT molecular complexity index is 661. The van der Waals surface area contributed by atoms with E-state index in [1.54, 1.807) is 41.5 Å². The number of amides is 3. The first-order valence-electron chi connectivity index (χ1n) is 8.29. The minimum atomic E-state index is -0.933. The Morgan fingerprint density at radius 1 is 0.926 bits per heavy atom. The molecule has 150 valence electrons. The average Bonchev–Trinajstić information content (AvgIpc) is 2.50. The van der Waals surface area contributed by atoms with Crippen LogP contribution < -0.4 is 4.90 Å². The molecule has 3 amide bonds. The van der Waals surface area contributed by atoms with Crippen molar-refractivity contribution in [1.82, 2.24) is 10.0 Å². The maximum Gasteiger partial charge on any atom is 0.425 e. The van der Waals surface area contributed by atoms with Crippen molar-refractivity contribution in [2.45, 2.75) is 52.7 Å². The summed E-state index contributed by atoms with van der Waals surface area (Å²) in [5.74, 6) is -0.465. The number of pyridine rings is 1. The highest BCUT2D eigenvalue weighted by atomic mass is 16.7. The fourth-order valence-corrected chi connectivity index (χ4v) is 1.79. The molecular weight excluding hydrogens is 354 g/mol. The summed E-state index contributed by atoms with van der Waals surface area (Å²) in [6, 6.07) is 2.77. The molecule has 0 saturated heterocycles. The van der Waals surface area contributed by atoms with Gasteiger partial charge in [-0.05, 0) is 53.7 Å². The molecule has 0 aliphatic heterocycles. The van der Waals surface area contributed by atoms with Crippen LogP contribution in [0.2, 0.25) is 0 Å². The van der Waals surface area contributed by atoms with E-state index in [1.165, 1.54) is 32.5 Å². The van der Waals surface area contributed by atoms with E-state index in [1.807, 2.05) is 0 Å². The first-order valence-corrected chi connectivity index (χ1v) is 8.29. The lowest BCUT2D eigenvalue weighted by Gasteiger charge is -2.28. The van der Waals surface area contributed by atoms with E-state index >= 15 is 0 Å². The molecule has 27 heavy (non-hydrogen) atoms. The van der Waals surface area contributed by atoms with E-state index in [0.29, 0.717) is 4.90 Å². The van der Waals surface area contributed by atoms with Gasteiger partial charge in [0.1, 0.15) is 17.0 Å². The van der Waals surface area contributed by atoms with Gasteiger partial charge < -0.3 is 9.47 Å². The molecule has 0 fully saturated rings. The third kappa shape index (κ3) is 6.86. The van der Waals surface area contributed by atoms with Crippen LogP contribution in [0.3, 0.4) is 0 Å². The number of nitrogens with zero attached hydrogens (tertiary/aromatic N) is 3. The van der Waals surface area contributed by atoms with Crippen LogP contribution in [-0.2, 0) is 14.3 Å². The number of carbonyl (C=O) groups excluding carboxylic acids is 3. The SMILES string of the molecule is CON(C)C(=O)c1ccc(N(C(=O)OC(C)(C)C)C(=O)OC(C)(C)C)nc1. The predicted molar refractivity (Wildman–Crippen MR) is 98.3 cm³/mol. The number of anilines is 1. The maximum absolute atomic E-state index is 12.5. The van der Waals surface area contributed by atoms with Crippen molar-refractivity contribution in [3.63, 3.8) is 0 Å². The van der Waals surface area contributed by atoms with Gasteiger partial charge in [-0.1, -0.05) is 0 Å². The Kier molecular flexibility index (Phi) is 6.91. The second-order valence-electron chi connectivity index (χ2n) is 7.69. The molecule has 9 nitrogen and oxygen atoms in total. The van der Waals surface area contributed by atoms with E-state index < -0.39 is 29.3 Å². The van der Waals surface area contributed by atoms with Gasteiger partial charge in [0.15, 0.2) is 0 Å². The van der Waals surface area contributed by atoms with Crippen molar-refractivity contribution in [1.29, 1.82) is 0 Å². The van der Waals surface area contributed by atoms with Crippen molar-refractivity contribution in [3.8, 4) is 0 Å². The van der Waals surface area contributed by atoms with Crippen LogP contribution in [0.15, 0.2) is 18.3 Å². The van der Waals surface area contributed by atoms with Crippen molar-refractivity contribution in [2.75, 3.05) is 19.1 Å². The Morgan fingerprint density at radius 3 is 1.74 bits per heavy atom.